The number of rotatable bonds is 9. The zero-order valence-electron chi connectivity index (χ0n) is 14.5. The summed E-state index contributed by atoms with van der Waals surface area (Å²) in [6, 6.07) is 10.4. The molecule has 1 aromatic heterocycles. The van der Waals surface area contributed by atoms with Gasteiger partial charge in [-0.2, -0.15) is 10.4 Å². The van der Waals surface area contributed by atoms with Gasteiger partial charge >= 0.3 is 0 Å². The number of hydrogen-bond donors (Lipinski definition) is 0. The molecular weight excluding hydrogens is 320 g/mol. The Morgan fingerprint density at radius 2 is 1.96 bits per heavy atom. The molecule has 1 aromatic carbocycles. The summed E-state index contributed by atoms with van der Waals surface area (Å²) < 4.78 is 1.77. The molecule has 1 heterocycles. The summed E-state index contributed by atoms with van der Waals surface area (Å²) in [6.07, 6.45) is 8.57. The van der Waals surface area contributed by atoms with Gasteiger partial charge in [0, 0.05) is 5.02 Å². The molecule has 4 nitrogen and oxygen atoms in total. The van der Waals surface area contributed by atoms with Gasteiger partial charge in [0.1, 0.15) is 18.1 Å². The zero-order chi connectivity index (χ0) is 17.4. The lowest BCUT2D eigenvalue weighted by Crippen LogP contribution is -2.38. The number of benzene rings is 1. The Bertz CT molecular complexity index is 645. The van der Waals surface area contributed by atoms with Gasteiger partial charge in [-0.25, -0.2) is 4.98 Å². The van der Waals surface area contributed by atoms with Crippen molar-refractivity contribution in [3.8, 4) is 6.07 Å². The van der Waals surface area contributed by atoms with E-state index in [0.29, 0.717) is 11.6 Å². The molecular formula is C19H25ClN4. The molecule has 0 fully saturated rings. The predicted molar refractivity (Wildman–Crippen MR) is 96.7 cm³/mol. The van der Waals surface area contributed by atoms with Crippen LogP contribution in [0, 0.1) is 17.2 Å². The fraction of sp³-hybridized carbons (Fsp3) is 0.526. The monoisotopic (exact) mass is 344 g/mol. The number of halogens is 1. The van der Waals surface area contributed by atoms with Crippen LogP contribution in [0.15, 0.2) is 36.9 Å². The first-order chi connectivity index (χ1) is 11.7. The Balaban J connectivity index is 2.47. The maximum absolute atomic E-state index is 10.2. The van der Waals surface area contributed by atoms with Crippen molar-refractivity contribution in [2.75, 3.05) is 0 Å². The molecule has 0 aliphatic carbocycles. The summed E-state index contributed by atoms with van der Waals surface area (Å²) in [5, 5.41) is 15.2. The normalized spacial score (nSPS) is 14.8. The van der Waals surface area contributed by atoms with Crippen molar-refractivity contribution in [3.63, 3.8) is 0 Å². The van der Waals surface area contributed by atoms with Gasteiger partial charge < -0.3 is 0 Å². The number of hydrogen-bond acceptors (Lipinski definition) is 3. The Kier molecular flexibility index (Phi) is 6.81. The van der Waals surface area contributed by atoms with Gasteiger partial charge in [0.15, 0.2) is 0 Å². The van der Waals surface area contributed by atoms with Gasteiger partial charge in [-0.05, 0) is 36.5 Å². The van der Waals surface area contributed by atoms with Crippen molar-refractivity contribution in [2.45, 2.75) is 57.9 Å². The van der Waals surface area contributed by atoms with E-state index < -0.39 is 5.41 Å². The molecule has 0 saturated heterocycles. The molecule has 0 aliphatic heterocycles. The Labute approximate surface area is 149 Å². The second kappa shape index (κ2) is 8.84. The van der Waals surface area contributed by atoms with Crippen molar-refractivity contribution in [1.82, 2.24) is 14.8 Å². The molecule has 0 aliphatic rings. The lowest BCUT2D eigenvalue weighted by atomic mass is 9.67. The van der Waals surface area contributed by atoms with Crippen LogP contribution in [0.5, 0.6) is 0 Å². The van der Waals surface area contributed by atoms with Crippen LogP contribution < -0.4 is 0 Å². The summed E-state index contributed by atoms with van der Waals surface area (Å²) in [6.45, 7) is 4.88. The van der Waals surface area contributed by atoms with E-state index in [0.717, 1.165) is 37.7 Å². The summed E-state index contributed by atoms with van der Waals surface area (Å²) in [5.41, 5.74) is 0.392. The molecule has 0 saturated carbocycles. The molecule has 0 bridgehead atoms. The highest BCUT2D eigenvalue weighted by atomic mass is 35.5. The largest absolute Gasteiger partial charge is 0.251 e. The summed E-state index contributed by atoms with van der Waals surface area (Å²) in [4.78, 5) is 4.04. The molecule has 0 radical (unpaired) electrons. The topological polar surface area (TPSA) is 54.5 Å². The second-order valence-corrected chi connectivity index (χ2v) is 6.75. The fourth-order valence-corrected chi connectivity index (χ4v) is 3.53. The van der Waals surface area contributed by atoms with Gasteiger partial charge in [-0.1, -0.05) is 56.8 Å². The Morgan fingerprint density at radius 3 is 2.50 bits per heavy atom. The Hall–Kier alpha value is -1.86. The standard InChI is InChI=1S/C19H25ClN4/c1-3-5-7-16(6-4-2)19(12-21,13-24-15-22-14-23-24)17-8-10-18(20)11-9-17/h8-11,14-16H,3-7,13H2,1-2H3. The molecule has 128 valence electrons. The first kappa shape index (κ1) is 18.5. The fourth-order valence-electron chi connectivity index (χ4n) is 3.40. The number of unbranched alkanes of at least 4 members (excludes halogenated alkanes) is 1. The molecule has 2 rings (SSSR count). The highest BCUT2D eigenvalue weighted by molar-refractivity contribution is 6.30. The van der Waals surface area contributed by atoms with Crippen LogP contribution in [0.3, 0.4) is 0 Å². The minimum Gasteiger partial charge on any atom is -0.251 e. The minimum absolute atomic E-state index is 0.276. The van der Waals surface area contributed by atoms with E-state index in [4.69, 9.17) is 11.6 Å². The lowest BCUT2D eigenvalue weighted by molar-refractivity contribution is 0.251. The van der Waals surface area contributed by atoms with Gasteiger partial charge in [-0.3, -0.25) is 4.68 Å². The third kappa shape index (κ3) is 4.15. The van der Waals surface area contributed by atoms with E-state index in [1.165, 1.54) is 6.33 Å². The second-order valence-electron chi connectivity index (χ2n) is 6.31. The van der Waals surface area contributed by atoms with E-state index in [1.807, 2.05) is 24.3 Å². The molecule has 5 heteroatoms. The summed E-state index contributed by atoms with van der Waals surface area (Å²) in [5.74, 6) is 0.276. The first-order valence-electron chi connectivity index (χ1n) is 8.66. The van der Waals surface area contributed by atoms with Crippen molar-refractivity contribution in [2.24, 2.45) is 5.92 Å². The van der Waals surface area contributed by atoms with Crippen LogP contribution >= 0.6 is 11.6 Å². The third-order valence-corrected chi connectivity index (χ3v) is 4.93. The molecule has 0 spiro atoms. The smallest absolute Gasteiger partial charge is 0.137 e. The lowest BCUT2D eigenvalue weighted by Gasteiger charge is -2.35. The third-order valence-electron chi connectivity index (χ3n) is 4.68. The van der Waals surface area contributed by atoms with E-state index in [1.54, 1.807) is 11.0 Å². The van der Waals surface area contributed by atoms with E-state index >= 15 is 0 Å². The van der Waals surface area contributed by atoms with Crippen LogP contribution in [0.1, 0.15) is 51.5 Å². The summed E-state index contributed by atoms with van der Waals surface area (Å²) >= 11 is 6.06. The van der Waals surface area contributed by atoms with Crippen LogP contribution in [0.2, 0.25) is 5.02 Å². The number of nitrogens with zero attached hydrogens (tertiary/aromatic N) is 4. The molecule has 2 unspecified atom stereocenters. The predicted octanol–water partition coefficient (Wildman–Crippen LogP) is 5.00. The molecule has 0 amide bonds. The minimum atomic E-state index is -0.622. The molecule has 24 heavy (non-hydrogen) atoms. The maximum Gasteiger partial charge on any atom is 0.137 e. The first-order valence-corrected chi connectivity index (χ1v) is 9.03. The number of aromatic nitrogens is 3. The molecule has 0 N–H and O–H groups in total. The van der Waals surface area contributed by atoms with Gasteiger partial charge in [-0.15, -0.1) is 0 Å². The maximum atomic E-state index is 10.2. The molecule has 2 aromatic rings. The van der Waals surface area contributed by atoms with Crippen molar-refractivity contribution < 1.29 is 0 Å². The van der Waals surface area contributed by atoms with Crippen molar-refractivity contribution in [1.29, 1.82) is 5.26 Å². The van der Waals surface area contributed by atoms with E-state index in [2.05, 4.69) is 30.0 Å². The highest BCUT2D eigenvalue weighted by Gasteiger charge is 2.40. The molecule has 2 atom stereocenters. The zero-order valence-corrected chi connectivity index (χ0v) is 15.2. The number of nitriles is 1. The Morgan fingerprint density at radius 1 is 1.21 bits per heavy atom. The van der Waals surface area contributed by atoms with Crippen molar-refractivity contribution in [3.05, 3.63) is 47.5 Å². The average molecular weight is 345 g/mol. The van der Waals surface area contributed by atoms with Gasteiger partial charge in [0.05, 0.1) is 12.6 Å². The van der Waals surface area contributed by atoms with Gasteiger partial charge in [0.25, 0.3) is 0 Å². The van der Waals surface area contributed by atoms with Crippen molar-refractivity contribution >= 4 is 11.6 Å². The van der Waals surface area contributed by atoms with Crippen LogP contribution in [-0.4, -0.2) is 14.8 Å². The van der Waals surface area contributed by atoms with Crippen LogP contribution in [0.4, 0.5) is 0 Å². The summed E-state index contributed by atoms with van der Waals surface area (Å²) in [7, 11) is 0. The SMILES string of the molecule is CCCCC(CCC)C(C#N)(Cn1cncn1)c1ccc(Cl)cc1. The van der Waals surface area contributed by atoms with E-state index in [9.17, 15) is 5.26 Å². The quantitative estimate of drug-likeness (QED) is 0.643. The van der Waals surface area contributed by atoms with Gasteiger partial charge in [0.2, 0.25) is 0 Å². The van der Waals surface area contributed by atoms with E-state index in [-0.39, 0.29) is 5.92 Å². The highest BCUT2D eigenvalue weighted by Crippen LogP contribution is 2.40. The van der Waals surface area contributed by atoms with Crippen LogP contribution in [-0.2, 0) is 12.0 Å². The van der Waals surface area contributed by atoms with Crippen LogP contribution in [0.25, 0.3) is 0 Å². The average Bonchev–Trinajstić information content (AvgIpc) is 3.10.